The zero-order valence-electron chi connectivity index (χ0n) is 18.0. The summed E-state index contributed by atoms with van der Waals surface area (Å²) in [6.07, 6.45) is -0.528. The van der Waals surface area contributed by atoms with Gasteiger partial charge in [0.25, 0.3) is 5.91 Å². The lowest BCUT2D eigenvalue weighted by molar-refractivity contribution is -0.175. The number of aromatic nitrogens is 3. The van der Waals surface area contributed by atoms with Gasteiger partial charge in [0.05, 0.1) is 11.7 Å². The van der Waals surface area contributed by atoms with Gasteiger partial charge in [0.15, 0.2) is 6.04 Å². The average molecular weight is 435 g/mol. The van der Waals surface area contributed by atoms with E-state index in [1.165, 1.54) is 0 Å². The fourth-order valence-corrected chi connectivity index (χ4v) is 4.44. The van der Waals surface area contributed by atoms with Crippen LogP contribution < -0.4 is 5.32 Å². The number of carbonyl (C=O) groups excluding carboxylic acids is 1. The minimum atomic E-state index is -4.40. The SMILES string of the molecule is CC(C)(C)[C@@H]1C[C@H](C(F)(F)F)n2nc([C@@H]3CCCCN3C(=O)c3ccccn3)cc2N1. The average Bonchev–Trinajstić information content (AvgIpc) is 3.16. The third-order valence-corrected chi connectivity index (χ3v) is 6.24. The molecule has 0 radical (unpaired) electrons. The summed E-state index contributed by atoms with van der Waals surface area (Å²) >= 11 is 0. The van der Waals surface area contributed by atoms with E-state index in [1.807, 2.05) is 20.8 Å². The van der Waals surface area contributed by atoms with Crippen LogP contribution in [0.2, 0.25) is 0 Å². The standard InChI is InChI=1S/C22H28F3N5O/c1-21(2,3)17-13-18(22(23,24)25)30-19(27-17)12-15(28-30)16-9-5-7-11-29(16)20(31)14-8-4-6-10-26-14/h4,6,8,10,12,16-18,27H,5,7,9,11,13H2,1-3H3/t16-,17-,18+/m0/s1. The number of hydrogen-bond donors (Lipinski definition) is 1. The lowest BCUT2D eigenvalue weighted by Gasteiger charge is -2.39. The second-order valence-electron chi connectivity index (χ2n) is 9.48. The molecule has 0 spiro atoms. The quantitative estimate of drug-likeness (QED) is 0.723. The molecule has 6 nitrogen and oxygen atoms in total. The van der Waals surface area contributed by atoms with Crippen molar-refractivity contribution in [2.45, 2.75) is 70.8 Å². The summed E-state index contributed by atoms with van der Waals surface area (Å²) in [6.45, 7) is 6.32. The number of carbonyl (C=O) groups is 1. The summed E-state index contributed by atoms with van der Waals surface area (Å²) in [5.41, 5.74) is 0.484. The number of hydrogen-bond acceptors (Lipinski definition) is 4. The van der Waals surface area contributed by atoms with E-state index in [0.717, 1.165) is 17.5 Å². The molecule has 0 bridgehead atoms. The molecule has 0 unspecified atom stereocenters. The highest BCUT2D eigenvalue weighted by molar-refractivity contribution is 5.92. The van der Waals surface area contributed by atoms with Crippen LogP contribution in [0.5, 0.6) is 0 Å². The molecule has 4 heterocycles. The molecular formula is C22H28F3N5O. The van der Waals surface area contributed by atoms with Gasteiger partial charge in [0, 0.05) is 24.8 Å². The Morgan fingerprint density at radius 3 is 2.61 bits per heavy atom. The van der Waals surface area contributed by atoms with Crippen molar-refractivity contribution in [3.63, 3.8) is 0 Å². The van der Waals surface area contributed by atoms with Crippen molar-refractivity contribution in [1.82, 2.24) is 19.7 Å². The zero-order valence-corrected chi connectivity index (χ0v) is 18.0. The van der Waals surface area contributed by atoms with Crippen LogP contribution in [0, 0.1) is 5.41 Å². The zero-order chi connectivity index (χ0) is 22.4. The van der Waals surface area contributed by atoms with E-state index in [1.54, 1.807) is 35.4 Å². The number of nitrogens with one attached hydrogen (secondary N) is 1. The van der Waals surface area contributed by atoms with Crippen LogP contribution >= 0.6 is 0 Å². The number of piperidine rings is 1. The topological polar surface area (TPSA) is 63.1 Å². The molecule has 3 atom stereocenters. The molecule has 1 fully saturated rings. The van der Waals surface area contributed by atoms with E-state index in [-0.39, 0.29) is 29.8 Å². The lowest BCUT2D eigenvalue weighted by atomic mass is 9.82. The number of fused-ring (bicyclic) bond motifs is 1. The van der Waals surface area contributed by atoms with Gasteiger partial charge in [-0.1, -0.05) is 26.8 Å². The fraction of sp³-hybridized carbons (Fsp3) is 0.591. The van der Waals surface area contributed by atoms with Crippen LogP contribution in [0.25, 0.3) is 0 Å². The minimum Gasteiger partial charge on any atom is -0.367 e. The Kier molecular flexibility index (Phi) is 5.47. The molecule has 0 aromatic carbocycles. The number of pyridine rings is 1. The van der Waals surface area contributed by atoms with Crippen molar-refractivity contribution < 1.29 is 18.0 Å². The summed E-state index contributed by atoms with van der Waals surface area (Å²) in [5.74, 6) is 0.142. The first-order chi connectivity index (χ1) is 14.6. The maximum absolute atomic E-state index is 13.9. The van der Waals surface area contributed by atoms with Gasteiger partial charge in [-0.25, -0.2) is 4.68 Å². The van der Waals surface area contributed by atoms with Crippen LogP contribution in [0.15, 0.2) is 30.5 Å². The Labute approximate surface area is 179 Å². The van der Waals surface area contributed by atoms with Crippen LogP contribution in [0.4, 0.5) is 19.0 Å². The van der Waals surface area contributed by atoms with Gasteiger partial charge in [0.1, 0.15) is 11.5 Å². The van der Waals surface area contributed by atoms with Crippen LogP contribution in [-0.4, -0.2) is 44.3 Å². The van der Waals surface area contributed by atoms with Gasteiger partial charge in [-0.15, -0.1) is 0 Å². The molecule has 0 saturated carbocycles. The van der Waals surface area contributed by atoms with Gasteiger partial charge in [-0.2, -0.15) is 18.3 Å². The maximum atomic E-state index is 13.9. The highest BCUT2D eigenvalue weighted by atomic mass is 19.4. The molecule has 2 aliphatic heterocycles. The second-order valence-corrected chi connectivity index (χ2v) is 9.48. The van der Waals surface area contributed by atoms with Crippen molar-refractivity contribution in [2.24, 2.45) is 5.41 Å². The van der Waals surface area contributed by atoms with E-state index in [2.05, 4.69) is 15.4 Å². The molecule has 2 aromatic heterocycles. The van der Waals surface area contributed by atoms with Crippen molar-refractivity contribution >= 4 is 11.7 Å². The highest BCUT2D eigenvalue weighted by Crippen LogP contribution is 2.44. The minimum absolute atomic E-state index is 0.0810. The van der Waals surface area contributed by atoms with E-state index < -0.39 is 12.2 Å². The summed E-state index contributed by atoms with van der Waals surface area (Å²) in [7, 11) is 0. The van der Waals surface area contributed by atoms with Gasteiger partial charge < -0.3 is 10.2 Å². The largest absolute Gasteiger partial charge is 0.410 e. The lowest BCUT2D eigenvalue weighted by Crippen LogP contribution is -2.44. The Morgan fingerprint density at radius 1 is 1.19 bits per heavy atom. The Balaban J connectivity index is 1.69. The predicted molar refractivity (Wildman–Crippen MR) is 111 cm³/mol. The molecule has 9 heteroatoms. The summed E-state index contributed by atoms with van der Waals surface area (Å²) in [4.78, 5) is 18.9. The fourth-order valence-electron chi connectivity index (χ4n) is 4.44. The molecule has 1 saturated heterocycles. The van der Waals surface area contributed by atoms with Crippen molar-refractivity contribution in [1.29, 1.82) is 0 Å². The smallest absolute Gasteiger partial charge is 0.367 e. The van der Waals surface area contributed by atoms with E-state index >= 15 is 0 Å². The molecular weight excluding hydrogens is 407 g/mol. The van der Waals surface area contributed by atoms with Gasteiger partial charge in [-0.3, -0.25) is 9.78 Å². The third kappa shape index (κ3) is 4.27. The first kappa shape index (κ1) is 21.6. The Morgan fingerprint density at radius 2 is 1.97 bits per heavy atom. The number of halogens is 3. The number of likely N-dealkylation sites (tertiary alicyclic amines) is 1. The number of anilines is 1. The van der Waals surface area contributed by atoms with Crippen LogP contribution in [0.3, 0.4) is 0 Å². The molecule has 1 N–H and O–H groups in total. The first-order valence-electron chi connectivity index (χ1n) is 10.7. The van der Waals surface area contributed by atoms with Crippen molar-refractivity contribution in [2.75, 3.05) is 11.9 Å². The normalized spacial score (nSPS) is 24.5. The number of rotatable bonds is 2. The molecule has 4 rings (SSSR count). The third-order valence-electron chi connectivity index (χ3n) is 6.24. The van der Waals surface area contributed by atoms with Crippen LogP contribution in [0.1, 0.15) is 74.7 Å². The van der Waals surface area contributed by atoms with Crippen molar-refractivity contribution in [3.8, 4) is 0 Å². The molecule has 1 amide bonds. The maximum Gasteiger partial charge on any atom is 0.410 e. The van der Waals surface area contributed by atoms with Crippen LogP contribution in [-0.2, 0) is 0 Å². The predicted octanol–water partition coefficient (Wildman–Crippen LogP) is 4.98. The monoisotopic (exact) mass is 435 g/mol. The van der Waals surface area contributed by atoms with Gasteiger partial charge in [-0.05, 0) is 43.2 Å². The van der Waals surface area contributed by atoms with E-state index in [9.17, 15) is 18.0 Å². The molecule has 168 valence electrons. The summed E-state index contributed by atoms with van der Waals surface area (Å²) in [5, 5.41) is 7.64. The van der Waals surface area contributed by atoms with Gasteiger partial charge in [0.2, 0.25) is 0 Å². The summed E-state index contributed by atoms with van der Waals surface area (Å²) in [6, 6.07) is 4.43. The van der Waals surface area contributed by atoms with E-state index in [4.69, 9.17) is 0 Å². The first-order valence-corrected chi connectivity index (χ1v) is 10.7. The van der Waals surface area contributed by atoms with Gasteiger partial charge >= 0.3 is 6.18 Å². The second kappa shape index (κ2) is 7.84. The number of alkyl halides is 3. The molecule has 2 aromatic rings. The highest BCUT2D eigenvalue weighted by Gasteiger charge is 2.48. The number of amides is 1. The van der Waals surface area contributed by atoms with E-state index in [0.29, 0.717) is 30.2 Å². The molecule has 31 heavy (non-hydrogen) atoms. The summed E-state index contributed by atoms with van der Waals surface area (Å²) < 4.78 is 42.8. The Hall–Kier alpha value is -2.58. The molecule has 0 aliphatic carbocycles. The van der Waals surface area contributed by atoms with Crippen molar-refractivity contribution in [3.05, 3.63) is 41.9 Å². The Bertz CT molecular complexity index is 935. The number of nitrogens with zero attached hydrogens (tertiary/aromatic N) is 4. The molecule has 2 aliphatic rings.